The highest BCUT2D eigenvalue weighted by molar-refractivity contribution is 5.92. The van der Waals surface area contributed by atoms with Crippen molar-refractivity contribution in [2.45, 2.75) is 25.9 Å². The predicted molar refractivity (Wildman–Crippen MR) is 79.2 cm³/mol. The smallest absolute Gasteiger partial charge is 0.274 e. The van der Waals surface area contributed by atoms with Gasteiger partial charge in [0.15, 0.2) is 11.6 Å². The van der Waals surface area contributed by atoms with Crippen LogP contribution in [0.3, 0.4) is 0 Å². The number of carbonyl (C=O) groups is 1. The molecule has 122 valence electrons. The van der Waals surface area contributed by atoms with Crippen molar-refractivity contribution in [1.82, 2.24) is 15.1 Å². The van der Waals surface area contributed by atoms with Gasteiger partial charge in [-0.2, -0.15) is 5.10 Å². The van der Waals surface area contributed by atoms with Crippen LogP contribution in [0.1, 0.15) is 29.0 Å². The Morgan fingerprint density at radius 3 is 2.65 bits per heavy atom. The number of aromatic nitrogens is 2. The number of H-pyrrole nitrogens is 1. The highest BCUT2D eigenvalue weighted by atomic mass is 19.1. The maximum atomic E-state index is 13.6. The topological polar surface area (TPSA) is 58.2 Å². The van der Waals surface area contributed by atoms with Gasteiger partial charge >= 0.3 is 0 Å². The van der Waals surface area contributed by atoms with Crippen molar-refractivity contribution < 1.29 is 18.3 Å². The number of hydrogen-bond acceptors (Lipinski definition) is 3. The standard InChI is InChI=1S/C16H17F2N3O2/c1-10-8-14(20-19-10)16(22)21-6-4-12(5-7-21)23-15-3-2-11(17)9-13(15)18/h2-3,8-9,12H,4-7H2,1H3,(H,19,20). The van der Waals surface area contributed by atoms with Crippen LogP contribution in [0.25, 0.3) is 0 Å². The molecule has 0 aliphatic carbocycles. The maximum absolute atomic E-state index is 13.6. The van der Waals surface area contributed by atoms with Gasteiger partial charge in [0.1, 0.15) is 17.6 Å². The van der Waals surface area contributed by atoms with E-state index in [4.69, 9.17) is 4.74 Å². The fourth-order valence-corrected chi connectivity index (χ4v) is 2.62. The fraction of sp³-hybridized carbons (Fsp3) is 0.375. The van der Waals surface area contributed by atoms with Crippen molar-refractivity contribution in [3.05, 3.63) is 47.3 Å². The van der Waals surface area contributed by atoms with Crippen LogP contribution in [0.2, 0.25) is 0 Å². The lowest BCUT2D eigenvalue weighted by Gasteiger charge is -2.31. The average molecular weight is 321 g/mol. The van der Waals surface area contributed by atoms with Crippen molar-refractivity contribution >= 4 is 5.91 Å². The first-order chi connectivity index (χ1) is 11.0. The number of rotatable bonds is 3. The Morgan fingerprint density at radius 1 is 1.30 bits per heavy atom. The summed E-state index contributed by atoms with van der Waals surface area (Å²) in [6.45, 7) is 2.86. The summed E-state index contributed by atoms with van der Waals surface area (Å²) in [6, 6.07) is 4.96. The molecule has 1 aromatic carbocycles. The van der Waals surface area contributed by atoms with Gasteiger partial charge in [0.2, 0.25) is 0 Å². The number of aromatic amines is 1. The molecule has 0 spiro atoms. The van der Waals surface area contributed by atoms with Crippen LogP contribution in [0, 0.1) is 18.6 Å². The molecule has 5 nitrogen and oxygen atoms in total. The second-order valence-electron chi connectivity index (χ2n) is 5.62. The van der Waals surface area contributed by atoms with Crippen molar-refractivity contribution in [3.8, 4) is 5.75 Å². The molecular weight excluding hydrogens is 304 g/mol. The number of amides is 1. The van der Waals surface area contributed by atoms with Crippen LogP contribution in [0.4, 0.5) is 8.78 Å². The minimum atomic E-state index is -0.712. The third kappa shape index (κ3) is 3.49. The van der Waals surface area contributed by atoms with E-state index in [9.17, 15) is 13.6 Å². The third-order valence-corrected chi connectivity index (χ3v) is 3.84. The van der Waals surface area contributed by atoms with Gasteiger partial charge < -0.3 is 9.64 Å². The second kappa shape index (κ2) is 6.36. The van der Waals surface area contributed by atoms with E-state index in [1.807, 2.05) is 6.92 Å². The molecule has 0 atom stereocenters. The summed E-state index contributed by atoms with van der Waals surface area (Å²) in [4.78, 5) is 14.0. The number of hydrogen-bond donors (Lipinski definition) is 1. The molecule has 1 aromatic heterocycles. The van der Waals surface area contributed by atoms with Gasteiger partial charge in [-0.1, -0.05) is 0 Å². The number of nitrogens with one attached hydrogen (secondary N) is 1. The minimum absolute atomic E-state index is 0.0408. The van der Waals surface area contributed by atoms with Gasteiger partial charge in [-0.25, -0.2) is 8.78 Å². The molecule has 1 aliphatic rings. The van der Waals surface area contributed by atoms with E-state index in [-0.39, 0.29) is 17.8 Å². The summed E-state index contributed by atoms with van der Waals surface area (Å²) in [5.41, 5.74) is 1.23. The number of nitrogens with zero attached hydrogens (tertiary/aromatic N) is 2. The number of piperidine rings is 1. The fourth-order valence-electron chi connectivity index (χ4n) is 2.62. The van der Waals surface area contributed by atoms with E-state index < -0.39 is 11.6 Å². The van der Waals surface area contributed by atoms with Crippen molar-refractivity contribution in [2.75, 3.05) is 13.1 Å². The van der Waals surface area contributed by atoms with Crippen molar-refractivity contribution in [2.24, 2.45) is 0 Å². The van der Waals surface area contributed by atoms with E-state index >= 15 is 0 Å². The van der Waals surface area contributed by atoms with Crippen LogP contribution < -0.4 is 4.74 Å². The first-order valence-corrected chi connectivity index (χ1v) is 7.46. The minimum Gasteiger partial charge on any atom is -0.487 e. The molecule has 0 saturated carbocycles. The van der Waals surface area contributed by atoms with E-state index in [1.54, 1.807) is 11.0 Å². The molecule has 1 saturated heterocycles. The molecule has 1 fully saturated rings. The Labute approximate surface area is 132 Å². The van der Waals surface area contributed by atoms with E-state index in [2.05, 4.69) is 10.2 Å². The number of carbonyl (C=O) groups excluding carboxylic acids is 1. The summed E-state index contributed by atoms with van der Waals surface area (Å²) in [5, 5.41) is 6.71. The molecule has 23 heavy (non-hydrogen) atoms. The zero-order valence-corrected chi connectivity index (χ0v) is 12.7. The number of likely N-dealkylation sites (tertiary alicyclic amines) is 1. The zero-order chi connectivity index (χ0) is 16.4. The number of halogens is 2. The number of ether oxygens (including phenoxy) is 1. The first kappa shape index (κ1) is 15.5. The quantitative estimate of drug-likeness (QED) is 0.945. The highest BCUT2D eigenvalue weighted by Gasteiger charge is 2.26. The summed E-state index contributed by atoms with van der Waals surface area (Å²) in [5.74, 6) is -1.43. The largest absolute Gasteiger partial charge is 0.487 e. The lowest BCUT2D eigenvalue weighted by Crippen LogP contribution is -2.42. The van der Waals surface area contributed by atoms with Crippen molar-refractivity contribution in [3.63, 3.8) is 0 Å². The predicted octanol–water partition coefficient (Wildman–Crippen LogP) is 2.68. The summed E-state index contributed by atoms with van der Waals surface area (Å²) in [6.07, 6.45) is 0.984. The van der Waals surface area contributed by atoms with Crippen LogP contribution in [-0.2, 0) is 0 Å². The molecule has 2 aromatic rings. The normalized spacial score (nSPS) is 15.7. The lowest BCUT2D eigenvalue weighted by atomic mass is 10.1. The van der Waals surface area contributed by atoms with Crippen LogP contribution >= 0.6 is 0 Å². The summed E-state index contributed by atoms with van der Waals surface area (Å²) in [7, 11) is 0. The molecule has 7 heteroatoms. The molecule has 0 bridgehead atoms. The van der Waals surface area contributed by atoms with E-state index in [1.165, 1.54) is 6.07 Å². The molecule has 2 heterocycles. The molecule has 0 radical (unpaired) electrons. The average Bonchev–Trinajstić information content (AvgIpc) is 2.97. The van der Waals surface area contributed by atoms with E-state index in [0.29, 0.717) is 31.6 Å². The Balaban J connectivity index is 1.57. The van der Waals surface area contributed by atoms with Gasteiger partial charge in [-0.05, 0) is 25.1 Å². The molecule has 1 amide bonds. The Bertz CT molecular complexity index is 709. The maximum Gasteiger partial charge on any atom is 0.274 e. The van der Waals surface area contributed by atoms with Gasteiger partial charge in [0.25, 0.3) is 5.91 Å². The van der Waals surface area contributed by atoms with Gasteiger partial charge in [0.05, 0.1) is 0 Å². The highest BCUT2D eigenvalue weighted by Crippen LogP contribution is 2.23. The van der Waals surface area contributed by atoms with Crippen LogP contribution in [-0.4, -0.2) is 40.2 Å². The van der Waals surface area contributed by atoms with Crippen molar-refractivity contribution in [1.29, 1.82) is 0 Å². The SMILES string of the molecule is Cc1cc(C(=O)N2CCC(Oc3ccc(F)cc3F)CC2)n[nH]1. The molecular formula is C16H17F2N3O2. The molecule has 3 rings (SSSR count). The van der Waals surface area contributed by atoms with E-state index in [0.717, 1.165) is 17.8 Å². The number of aryl methyl sites for hydroxylation is 1. The monoisotopic (exact) mass is 321 g/mol. The van der Waals surface area contributed by atoms with Gasteiger partial charge in [-0.15, -0.1) is 0 Å². The molecule has 0 unspecified atom stereocenters. The van der Waals surface area contributed by atoms with Gasteiger partial charge in [-0.3, -0.25) is 9.89 Å². The van der Waals surface area contributed by atoms with Crippen LogP contribution in [0.15, 0.2) is 24.3 Å². The van der Waals surface area contributed by atoms with Crippen LogP contribution in [0.5, 0.6) is 5.75 Å². The lowest BCUT2D eigenvalue weighted by molar-refractivity contribution is 0.0583. The zero-order valence-electron chi connectivity index (χ0n) is 12.7. The Hall–Kier alpha value is -2.44. The Morgan fingerprint density at radius 2 is 2.04 bits per heavy atom. The second-order valence-corrected chi connectivity index (χ2v) is 5.62. The molecule has 1 aliphatic heterocycles. The Kier molecular flexibility index (Phi) is 4.27. The first-order valence-electron chi connectivity index (χ1n) is 7.46. The summed E-state index contributed by atoms with van der Waals surface area (Å²) < 4.78 is 32.1. The molecule has 1 N–H and O–H groups in total. The number of benzene rings is 1. The van der Waals surface area contributed by atoms with Gasteiger partial charge in [0, 0.05) is 37.7 Å². The third-order valence-electron chi connectivity index (χ3n) is 3.84. The summed E-state index contributed by atoms with van der Waals surface area (Å²) >= 11 is 0.